The molecular weight excluding hydrogens is 330 g/mol. The average Bonchev–Trinajstić information content (AvgIpc) is 3.18. The Morgan fingerprint density at radius 3 is 2.76 bits per heavy atom. The molecule has 2 aromatic heterocycles. The first-order valence-corrected chi connectivity index (χ1v) is 8.11. The van der Waals surface area contributed by atoms with Crippen LogP contribution in [0.3, 0.4) is 0 Å². The van der Waals surface area contributed by atoms with Crippen LogP contribution in [0.25, 0.3) is 21.8 Å². The highest BCUT2D eigenvalue weighted by Crippen LogP contribution is 2.38. The normalized spacial score (nSPS) is 15.2. The number of hydrogen-bond donors (Lipinski definition) is 0. The van der Waals surface area contributed by atoms with Crippen molar-refractivity contribution in [3.8, 4) is 0 Å². The van der Waals surface area contributed by atoms with Crippen LogP contribution in [0.1, 0.15) is 31.4 Å². The van der Waals surface area contributed by atoms with Crippen LogP contribution in [-0.2, 0) is 6.54 Å². The number of hydrogen-bond acceptors (Lipinski definition) is 2. The lowest BCUT2D eigenvalue weighted by molar-refractivity contribution is 0.634. The van der Waals surface area contributed by atoms with Gasteiger partial charge in [-0.2, -0.15) is 5.10 Å². The number of rotatable bonds is 2. The number of aromatic nitrogens is 3. The Kier molecular flexibility index (Phi) is 2.76. The first kappa shape index (κ1) is 13.1. The van der Waals surface area contributed by atoms with Gasteiger partial charge in [0.05, 0.1) is 6.20 Å². The van der Waals surface area contributed by atoms with E-state index in [1.807, 2.05) is 28.4 Å². The molecule has 0 radical (unpaired) electrons. The second-order valence-electron chi connectivity index (χ2n) is 5.77. The minimum absolute atomic E-state index is 0.111. The number of halogens is 1. The molecule has 0 amide bonds. The van der Waals surface area contributed by atoms with E-state index in [9.17, 15) is 4.79 Å². The van der Waals surface area contributed by atoms with Crippen molar-refractivity contribution in [3.63, 3.8) is 0 Å². The summed E-state index contributed by atoms with van der Waals surface area (Å²) in [7, 11) is 0. The van der Waals surface area contributed by atoms with Crippen LogP contribution >= 0.6 is 15.9 Å². The fraction of sp³-hybridized carbons (Fsp3) is 0.375. The summed E-state index contributed by atoms with van der Waals surface area (Å²) in [6, 6.07) is 4.39. The molecule has 1 aliphatic rings. The largest absolute Gasteiger partial charge is 0.289 e. The molecule has 1 saturated carbocycles. The topological polar surface area (TPSA) is 39.8 Å². The molecule has 4 rings (SSSR count). The van der Waals surface area contributed by atoms with Crippen molar-refractivity contribution >= 4 is 37.7 Å². The van der Waals surface area contributed by atoms with Crippen molar-refractivity contribution in [2.45, 2.75) is 39.3 Å². The maximum Gasteiger partial charge on any atom is 0.260 e. The summed E-state index contributed by atoms with van der Waals surface area (Å²) in [6.07, 6.45) is 4.06. The van der Waals surface area contributed by atoms with Gasteiger partial charge in [-0.1, -0.05) is 15.9 Å². The first-order chi connectivity index (χ1) is 10.1. The van der Waals surface area contributed by atoms with Crippen LogP contribution in [0.4, 0.5) is 0 Å². The summed E-state index contributed by atoms with van der Waals surface area (Å²) in [6.45, 7) is 4.85. The molecule has 2 heterocycles. The second-order valence-corrected chi connectivity index (χ2v) is 6.63. The van der Waals surface area contributed by atoms with E-state index in [4.69, 9.17) is 0 Å². The Balaban J connectivity index is 2.30. The van der Waals surface area contributed by atoms with E-state index in [1.54, 1.807) is 0 Å². The standard InChI is InChI=1S/C16H16BrN3O/c1-3-19-15-12(8-18-19)14-11(6-9(2)7-13(14)17)16(21)20(15)10-4-5-10/h6-8,10H,3-5H2,1-2H3. The van der Waals surface area contributed by atoms with E-state index in [1.165, 1.54) is 0 Å². The van der Waals surface area contributed by atoms with Gasteiger partial charge in [0.2, 0.25) is 0 Å². The van der Waals surface area contributed by atoms with Crippen molar-refractivity contribution in [3.05, 3.63) is 38.7 Å². The van der Waals surface area contributed by atoms with E-state index < -0.39 is 0 Å². The van der Waals surface area contributed by atoms with E-state index in [-0.39, 0.29) is 5.56 Å². The highest BCUT2D eigenvalue weighted by molar-refractivity contribution is 9.10. The molecule has 4 nitrogen and oxygen atoms in total. The van der Waals surface area contributed by atoms with Crippen LogP contribution in [0.5, 0.6) is 0 Å². The monoisotopic (exact) mass is 345 g/mol. The molecule has 3 aromatic rings. The highest BCUT2D eigenvalue weighted by Gasteiger charge is 2.29. The molecule has 0 N–H and O–H groups in total. The molecule has 108 valence electrons. The fourth-order valence-corrected chi connectivity index (χ4v) is 3.91. The molecule has 21 heavy (non-hydrogen) atoms. The third-order valence-corrected chi connectivity index (χ3v) is 4.83. The number of pyridine rings is 1. The molecule has 5 heteroatoms. The number of benzene rings is 1. The minimum atomic E-state index is 0.111. The highest BCUT2D eigenvalue weighted by atomic mass is 79.9. The predicted molar refractivity (Wildman–Crippen MR) is 87.9 cm³/mol. The number of fused-ring (bicyclic) bond motifs is 3. The van der Waals surface area contributed by atoms with Gasteiger partial charge >= 0.3 is 0 Å². The summed E-state index contributed by atoms with van der Waals surface area (Å²) >= 11 is 3.63. The number of nitrogens with zero attached hydrogens (tertiary/aromatic N) is 3. The molecule has 1 aliphatic carbocycles. The Hall–Kier alpha value is -1.62. The minimum Gasteiger partial charge on any atom is -0.289 e. The average molecular weight is 346 g/mol. The van der Waals surface area contributed by atoms with Crippen molar-refractivity contribution in [2.24, 2.45) is 0 Å². The zero-order valence-electron chi connectivity index (χ0n) is 12.1. The maximum absolute atomic E-state index is 13.0. The maximum atomic E-state index is 13.0. The smallest absolute Gasteiger partial charge is 0.260 e. The predicted octanol–water partition coefficient (Wildman–Crippen LogP) is 3.78. The van der Waals surface area contributed by atoms with E-state index >= 15 is 0 Å². The van der Waals surface area contributed by atoms with Crippen molar-refractivity contribution in [2.75, 3.05) is 0 Å². The van der Waals surface area contributed by atoms with Crippen molar-refractivity contribution < 1.29 is 0 Å². The van der Waals surface area contributed by atoms with Crippen LogP contribution < -0.4 is 5.56 Å². The summed E-state index contributed by atoms with van der Waals surface area (Å²) in [5.41, 5.74) is 2.16. The van der Waals surface area contributed by atoms with E-state index in [0.29, 0.717) is 6.04 Å². The molecule has 0 spiro atoms. The molecule has 0 saturated heterocycles. The molecule has 0 atom stereocenters. The molecule has 1 aromatic carbocycles. The SMILES string of the molecule is CCn1ncc2c3c(Br)cc(C)cc3c(=O)n(C3CC3)c21. The van der Waals surface area contributed by atoms with E-state index in [0.717, 1.165) is 51.2 Å². The summed E-state index contributed by atoms with van der Waals surface area (Å²) < 4.78 is 4.86. The first-order valence-electron chi connectivity index (χ1n) is 7.31. The molecule has 0 aliphatic heterocycles. The van der Waals surface area contributed by atoms with Gasteiger partial charge in [-0.3, -0.25) is 9.36 Å². The van der Waals surface area contributed by atoms with Crippen LogP contribution in [0, 0.1) is 6.92 Å². The van der Waals surface area contributed by atoms with Gasteiger partial charge in [-0.05, 0) is 44.4 Å². The van der Waals surface area contributed by atoms with Gasteiger partial charge < -0.3 is 0 Å². The summed E-state index contributed by atoms with van der Waals surface area (Å²) in [4.78, 5) is 13.0. The van der Waals surface area contributed by atoms with Gasteiger partial charge in [-0.25, -0.2) is 4.68 Å². The van der Waals surface area contributed by atoms with Gasteiger partial charge in [0.15, 0.2) is 0 Å². The van der Waals surface area contributed by atoms with Crippen LogP contribution in [0.15, 0.2) is 27.6 Å². The lowest BCUT2D eigenvalue weighted by Crippen LogP contribution is -2.22. The Morgan fingerprint density at radius 1 is 1.33 bits per heavy atom. The third kappa shape index (κ3) is 1.80. The summed E-state index contributed by atoms with van der Waals surface area (Å²) in [5.74, 6) is 0. The fourth-order valence-electron chi connectivity index (χ4n) is 3.12. The number of aryl methyl sites for hydroxylation is 2. The molecule has 0 unspecified atom stereocenters. The van der Waals surface area contributed by atoms with Gasteiger partial charge in [0, 0.05) is 33.2 Å². The zero-order valence-corrected chi connectivity index (χ0v) is 13.6. The Bertz CT molecular complexity index is 934. The second kappa shape index (κ2) is 4.44. The van der Waals surface area contributed by atoms with E-state index in [2.05, 4.69) is 34.0 Å². The van der Waals surface area contributed by atoms with Gasteiger partial charge in [0.25, 0.3) is 5.56 Å². The quantitative estimate of drug-likeness (QED) is 0.709. The van der Waals surface area contributed by atoms with Crippen molar-refractivity contribution in [1.29, 1.82) is 0 Å². The lowest BCUT2D eigenvalue weighted by atomic mass is 10.1. The van der Waals surface area contributed by atoms with Crippen LogP contribution in [-0.4, -0.2) is 14.3 Å². The molecule has 1 fully saturated rings. The summed E-state index contributed by atoms with van der Waals surface area (Å²) in [5, 5.41) is 7.31. The Labute approximate surface area is 130 Å². The van der Waals surface area contributed by atoms with Crippen LogP contribution in [0.2, 0.25) is 0 Å². The molecular formula is C16H16BrN3O. The Morgan fingerprint density at radius 2 is 2.10 bits per heavy atom. The van der Waals surface area contributed by atoms with Gasteiger partial charge in [0.1, 0.15) is 5.65 Å². The lowest BCUT2D eigenvalue weighted by Gasteiger charge is -2.12. The zero-order chi connectivity index (χ0) is 14.7. The van der Waals surface area contributed by atoms with Crippen molar-refractivity contribution in [1.82, 2.24) is 14.3 Å². The third-order valence-electron chi connectivity index (χ3n) is 4.20. The molecule has 0 bridgehead atoms. The van der Waals surface area contributed by atoms with Gasteiger partial charge in [-0.15, -0.1) is 0 Å².